The summed E-state index contributed by atoms with van der Waals surface area (Å²) in [5.41, 5.74) is 0.953. The molecule has 112 valence electrons. The van der Waals surface area contributed by atoms with E-state index in [1.54, 1.807) is 13.0 Å². The van der Waals surface area contributed by atoms with Gasteiger partial charge in [0.05, 0.1) is 23.1 Å². The molecule has 2 heterocycles. The zero-order chi connectivity index (χ0) is 15.6. The second-order valence-electron chi connectivity index (χ2n) is 5.05. The van der Waals surface area contributed by atoms with E-state index in [1.807, 2.05) is 6.07 Å². The fourth-order valence-electron chi connectivity index (χ4n) is 2.43. The molecule has 21 heavy (non-hydrogen) atoms. The molecule has 0 amide bonds. The van der Waals surface area contributed by atoms with E-state index in [-0.39, 0.29) is 18.1 Å². The number of carboxylic acid groups (broad SMARTS) is 1. The molecule has 1 N–H and O–H groups in total. The van der Waals surface area contributed by atoms with E-state index in [0.717, 1.165) is 0 Å². The van der Waals surface area contributed by atoms with Crippen LogP contribution in [-0.2, 0) is 14.6 Å². The maximum atomic E-state index is 11.6. The summed E-state index contributed by atoms with van der Waals surface area (Å²) in [5.74, 6) is -0.778. The lowest BCUT2D eigenvalue weighted by molar-refractivity contribution is -0.135. The van der Waals surface area contributed by atoms with E-state index in [4.69, 9.17) is 10.4 Å². The van der Waals surface area contributed by atoms with Gasteiger partial charge in [-0.15, -0.1) is 0 Å². The zero-order valence-electron chi connectivity index (χ0n) is 11.5. The Kier molecular flexibility index (Phi) is 4.14. The second kappa shape index (κ2) is 5.69. The Morgan fingerprint density at radius 2 is 2.29 bits per heavy atom. The molecule has 1 fully saturated rings. The van der Waals surface area contributed by atoms with Gasteiger partial charge in [0.25, 0.3) is 0 Å². The van der Waals surface area contributed by atoms with E-state index in [1.165, 1.54) is 11.0 Å². The van der Waals surface area contributed by atoms with Crippen LogP contribution in [0.15, 0.2) is 12.1 Å². The molecule has 7 nitrogen and oxygen atoms in total. The third kappa shape index (κ3) is 3.70. The van der Waals surface area contributed by atoms with E-state index in [2.05, 4.69) is 4.98 Å². The monoisotopic (exact) mass is 309 g/mol. The Bertz CT molecular complexity index is 709. The molecule has 1 aromatic rings. The summed E-state index contributed by atoms with van der Waals surface area (Å²) in [4.78, 5) is 16.8. The summed E-state index contributed by atoms with van der Waals surface area (Å²) in [6.07, 6.45) is 0.368. The van der Waals surface area contributed by atoms with Gasteiger partial charge in [0, 0.05) is 11.7 Å². The molecule has 0 aromatic carbocycles. The molecule has 1 saturated heterocycles. The first-order valence-electron chi connectivity index (χ1n) is 6.38. The fraction of sp³-hybridized carbons (Fsp3) is 0.462. The lowest BCUT2D eigenvalue weighted by atomic mass is 10.2. The number of aryl methyl sites for hydroxylation is 1. The van der Waals surface area contributed by atoms with Gasteiger partial charge in [0.2, 0.25) is 0 Å². The van der Waals surface area contributed by atoms with E-state index < -0.39 is 21.8 Å². The first kappa shape index (κ1) is 15.3. The molecule has 0 radical (unpaired) electrons. The van der Waals surface area contributed by atoms with Crippen LogP contribution >= 0.6 is 0 Å². The van der Waals surface area contributed by atoms with E-state index in [0.29, 0.717) is 23.5 Å². The largest absolute Gasteiger partial charge is 0.480 e. The number of anilines is 1. The van der Waals surface area contributed by atoms with Crippen molar-refractivity contribution in [1.29, 1.82) is 5.26 Å². The van der Waals surface area contributed by atoms with Crippen LogP contribution in [0.5, 0.6) is 0 Å². The van der Waals surface area contributed by atoms with Crippen LogP contribution in [0.1, 0.15) is 17.7 Å². The Morgan fingerprint density at radius 1 is 1.57 bits per heavy atom. The Morgan fingerprint density at radius 3 is 2.81 bits per heavy atom. The number of carboxylic acids is 1. The van der Waals surface area contributed by atoms with Gasteiger partial charge in [-0.25, -0.2) is 13.4 Å². The summed E-state index contributed by atoms with van der Waals surface area (Å²) in [5, 5.41) is 18.0. The number of hydrogen-bond acceptors (Lipinski definition) is 6. The Balaban J connectivity index is 2.39. The highest BCUT2D eigenvalue weighted by atomic mass is 32.2. The Labute approximate surface area is 122 Å². The third-order valence-electron chi connectivity index (χ3n) is 3.32. The van der Waals surface area contributed by atoms with Crippen molar-refractivity contribution in [3.63, 3.8) is 0 Å². The highest BCUT2D eigenvalue weighted by molar-refractivity contribution is 7.91. The molecule has 0 aliphatic carbocycles. The number of carbonyl (C=O) groups is 1. The summed E-state index contributed by atoms with van der Waals surface area (Å²) in [6.45, 7) is 1.36. The summed E-state index contributed by atoms with van der Waals surface area (Å²) in [6, 6.07) is 4.64. The number of aliphatic carboxylic acids is 1. The highest BCUT2D eigenvalue weighted by Crippen LogP contribution is 2.24. The van der Waals surface area contributed by atoms with Crippen LogP contribution in [-0.4, -0.2) is 48.6 Å². The number of nitriles is 1. The van der Waals surface area contributed by atoms with Gasteiger partial charge < -0.3 is 10.0 Å². The first-order chi connectivity index (χ1) is 9.80. The van der Waals surface area contributed by atoms with Crippen molar-refractivity contribution in [3.05, 3.63) is 23.4 Å². The quantitative estimate of drug-likeness (QED) is 0.853. The average Bonchev–Trinajstić information content (AvgIpc) is 2.75. The minimum absolute atomic E-state index is 0.0463. The van der Waals surface area contributed by atoms with E-state index in [9.17, 15) is 13.2 Å². The minimum Gasteiger partial charge on any atom is -0.480 e. The van der Waals surface area contributed by atoms with Crippen LogP contribution in [0, 0.1) is 18.3 Å². The Hall–Kier alpha value is -2.14. The topological polar surface area (TPSA) is 111 Å². The minimum atomic E-state index is -3.14. The second-order valence-corrected chi connectivity index (χ2v) is 7.27. The number of rotatable bonds is 4. The van der Waals surface area contributed by atoms with Gasteiger partial charge in [0.15, 0.2) is 9.84 Å². The van der Waals surface area contributed by atoms with Gasteiger partial charge in [-0.2, -0.15) is 5.26 Å². The van der Waals surface area contributed by atoms with Gasteiger partial charge in [-0.05, 0) is 25.5 Å². The van der Waals surface area contributed by atoms with Crippen molar-refractivity contribution in [3.8, 4) is 6.07 Å². The molecule has 0 bridgehead atoms. The SMILES string of the molecule is Cc1cc(C#N)cc(N(CC(=O)O)C2CCS(=O)(=O)C2)n1. The maximum Gasteiger partial charge on any atom is 0.323 e. The predicted molar refractivity (Wildman–Crippen MR) is 75.7 cm³/mol. The van der Waals surface area contributed by atoms with Gasteiger partial charge >= 0.3 is 5.97 Å². The molecule has 1 unspecified atom stereocenters. The number of sulfone groups is 1. The van der Waals surface area contributed by atoms with Crippen molar-refractivity contribution in [2.75, 3.05) is 23.0 Å². The normalized spacial score (nSPS) is 19.9. The highest BCUT2D eigenvalue weighted by Gasteiger charge is 2.34. The van der Waals surface area contributed by atoms with Crippen molar-refractivity contribution in [2.24, 2.45) is 0 Å². The molecular weight excluding hydrogens is 294 g/mol. The van der Waals surface area contributed by atoms with Crippen LogP contribution in [0.25, 0.3) is 0 Å². The molecule has 1 aromatic heterocycles. The maximum absolute atomic E-state index is 11.6. The predicted octanol–water partition coefficient (Wildman–Crippen LogP) is 0.340. The van der Waals surface area contributed by atoms with Crippen LogP contribution < -0.4 is 4.90 Å². The fourth-order valence-corrected chi connectivity index (χ4v) is 4.16. The number of hydrogen-bond donors (Lipinski definition) is 1. The van der Waals surface area contributed by atoms with Crippen molar-refractivity contribution in [2.45, 2.75) is 19.4 Å². The molecule has 1 aliphatic rings. The summed E-state index contributed by atoms with van der Waals surface area (Å²) in [7, 11) is -3.14. The van der Waals surface area contributed by atoms with Crippen LogP contribution in [0.4, 0.5) is 5.82 Å². The number of aromatic nitrogens is 1. The van der Waals surface area contributed by atoms with Gasteiger partial charge in [-0.1, -0.05) is 0 Å². The smallest absolute Gasteiger partial charge is 0.323 e. The lowest BCUT2D eigenvalue weighted by Crippen LogP contribution is -2.40. The third-order valence-corrected chi connectivity index (χ3v) is 5.07. The molecule has 1 aliphatic heterocycles. The summed E-state index contributed by atoms with van der Waals surface area (Å²) < 4.78 is 23.2. The molecule has 0 saturated carbocycles. The summed E-state index contributed by atoms with van der Waals surface area (Å²) >= 11 is 0. The molecule has 8 heteroatoms. The number of nitrogens with zero attached hydrogens (tertiary/aromatic N) is 3. The zero-order valence-corrected chi connectivity index (χ0v) is 12.3. The van der Waals surface area contributed by atoms with Gasteiger partial charge in [0.1, 0.15) is 12.4 Å². The molecular formula is C13H15N3O4S. The average molecular weight is 309 g/mol. The molecule has 0 spiro atoms. The first-order valence-corrected chi connectivity index (χ1v) is 8.20. The number of pyridine rings is 1. The van der Waals surface area contributed by atoms with Crippen molar-refractivity contribution in [1.82, 2.24) is 4.98 Å². The van der Waals surface area contributed by atoms with Crippen molar-refractivity contribution < 1.29 is 18.3 Å². The van der Waals surface area contributed by atoms with E-state index >= 15 is 0 Å². The van der Waals surface area contributed by atoms with Crippen LogP contribution in [0.3, 0.4) is 0 Å². The van der Waals surface area contributed by atoms with Gasteiger partial charge in [-0.3, -0.25) is 4.79 Å². The van der Waals surface area contributed by atoms with Crippen molar-refractivity contribution >= 4 is 21.6 Å². The van der Waals surface area contributed by atoms with Crippen LogP contribution in [0.2, 0.25) is 0 Å². The molecule has 1 atom stereocenters. The molecule has 2 rings (SSSR count). The lowest BCUT2D eigenvalue weighted by Gasteiger charge is -2.28. The standard InChI is InChI=1S/C13H15N3O4S/c1-9-4-10(6-14)5-12(15-9)16(7-13(17)18)11-2-3-21(19,20)8-11/h4-5,11H,2-3,7-8H2,1H3,(H,17,18).